The molecule has 3 rings (SSSR count). The van der Waals surface area contributed by atoms with Crippen LogP contribution in [-0.2, 0) is 0 Å². The van der Waals surface area contributed by atoms with Crippen molar-refractivity contribution in [3.8, 4) is 11.3 Å². The maximum Gasteiger partial charge on any atom is 0.0741 e. The minimum Gasteiger partial charge on any atom is -0.248 e. The van der Waals surface area contributed by atoms with E-state index in [1.807, 2.05) is 18.2 Å². The summed E-state index contributed by atoms with van der Waals surface area (Å²) < 4.78 is 0. The van der Waals surface area contributed by atoms with E-state index >= 15 is 0 Å². The van der Waals surface area contributed by atoms with Crippen molar-refractivity contribution in [1.82, 2.24) is 4.98 Å². The number of hydrogen-bond acceptors (Lipinski definition) is 1. The number of nitrogens with zero attached hydrogens (tertiary/aromatic N) is 1. The van der Waals surface area contributed by atoms with Crippen molar-refractivity contribution in [1.29, 1.82) is 0 Å². The Morgan fingerprint density at radius 1 is 0.778 bits per heavy atom. The molecule has 88 valence electrons. The lowest BCUT2D eigenvalue weighted by Gasteiger charge is -2.07. The second kappa shape index (κ2) is 4.26. The molecule has 0 saturated heterocycles. The fourth-order valence-corrected chi connectivity index (χ4v) is 2.20. The van der Waals surface area contributed by atoms with Gasteiger partial charge in [0, 0.05) is 10.9 Å². The molecular formula is C17H15N. The Labute approximate surface area is 107 Å². The number of benzene rings is 2. The molecule has 0 aliphatic heterocycles. The van der Waals surface area contributed by atoms with Crippen LogP contribution in [0.25, 0.3) is 22.2 Å². The third kappa shape index (κ3) is 1.78. The van der Waals surface area contributed by atoms with Crippen molar-refractivity contribution in [2.45, 2.75) is 13.8 Å². The number of pyridine rings is 1. The van der Waals surface area contributed by atoms with Gasteiger partial charge in [0.15, 0.2) is 0 Å². The van der Waals surface area contributed by atoms with Crippen LogP contribution < -0.4 is 0 Å². The van der Waals surface area contributed by atoms with Crippen molar-refractivity contribution in [2.75, 3.05) is 0 Å². The lowest BCUT2D eigenvalue weighted by atomic mass is 10.0. The Kier molecular flexibility index (Phi) is 2.60. The van der Waals surface area contributed by atoms with Crippen LogP contribution in [0.2, 0.25) is 0 Å². The highest BCUT2D eigenvalue weighted by atomic mass is 14.7. The molecule has 1 aromatic heterocycles. The molecule has 0 unspecified atom stereocenters. The molecule has 0 atom stereocenters. The van der Waals surface area contributed by atoms with Gasteiger partial charge in [0.25, 0.3) is 0 Å². The second-order valence-electron chi connectivity index (χ2n) is 4.64. The predicted octanol–water partition coefficient (Wildman–Crippen LogP) is 4.52. The van der Waals surface area contributed by atoms with Gasteiger partial charge in [-0.15, -0.1) is 0 Å². The highest BCUT2D eigenvalue weighted by Gasteiger charge is 2.04. The van der Waals surface area contributed by atoms with E-state index in [1.165, 1.54) is 22.1 Å². The molecule has 0 aliphatic rings. The van der Waals surface area contributed by atoms with E-state index < -0.39 is 0 Å². The molecule has 0 aliphatic carbocycles. The average molecular weight is 233 g/mol. The molecule has 0 spiro atoms. The SMILES string of the molecule is Cc1ccc2ccc(-c3ccccc3)nc2c1C. The molecule has 2 aromatic carbocycles. The first-order chi connectivity index (χ1) is 8.75. The summed E-state index contributed by atoms with van der Waals surface area (Å²) in [7, 11) is 0. The first-order valence-corrected chi connectivity index (χ1v) is 6.18. The van der Waals surface area contributed by atoms with Crippen molar-refractivity contribution in [3.05, 3.63) is 65.7 Å². The summed E-state index contributed by atoms with van der Waals surface area (Å²) in [5, 5.41) is 1.21. The smallest absolute Gasteiger partial charge is 0.0741 e. The quantitative estimate of drug-likeness (QED) is 0.602. The molecule has 0 saturated carbocycles. The Morgan fingerprint density at radius 2 is 1.50 bits per heavy atom. The van der Waals surface area contributed by atoms with Gasteiger partial charge in [-0.05, 0) is 31.0 Å². The normalized spacial score (nSPS) is 10.8. The maximum absolute atomic E-state index is 4.81. The van der Waals surface area contributed by atoms with Crippen LogP contribution in [-0.4, -0.2) is 4.98 Å². The van der Waals surface area contributed by atoms with E-state index in [1.54, 1.807) is 0 Å². The van der Waals surface area contributed by atoms with Gasteiger partial charge in [-0.25, -0.2) is 4.98 Å². The van der Waals surface area contributed by atoms with E-state index in [9.17, 15) is 0 Å². The predicted molar refractivity (Wildman–Crippen MR) is 76.7 cm³/mol. The molecule has 0 fully saturated rings. The van der Waals surface area contributed by atoms with Crippen LogP contribution in [0, 0.1) is 13.8 Å². The third-order valence-electron chi connectivity index (χ3n) is 3.46. The molecule has 3 aromatic rings. The number of fused-ring (bicyclic) bond motifs is 1. The number of hydrogen-bond donors (Lipinski definition) is 0. The summed E-state index contributed by atoms with van der Waals surface area (Å²) in [4.78, 5) is 4.81. The zero-order valence-corrected chi connectivity index (χ0v) is 10.6. The largest absolute Gasteiger partial charge is 0.248 e. The van der Waals surface area contributed by atoms with Crippen molar-refractivity contribution >= 4 is 10.9 Å². The zero-order valence-electron chi connectivity index (χ0n) is 10.6. The minimum absolute atomic E-state index is 1.04. The highest BCUT2D eigenvalue weighted by molar-refractivity contribution is 5.85. The van der Waals surface area contributed by atoms with Crippen molar-refractivity contribution in [2.24, 2.45) is 0 Å². The number of rotatable bonds is 1. The average Bonchev–Trinajstić information content (AvgIpc) is 2.44. The first-order valence-electron chi connectivity index (χ1n) is 6.18. The topological polar surface area (TPSA) is 12.9 Å². The van der Waals surface area contributed by atoms with Gasteiger partial charge in [-0.1, -0.05) is 48.5 Å². The molecule has 0 bridgehead atoms. The fourth-order valence-electron chi connectivity index (χ4n) is 2.20. The van der Waals surface area contributed by atoms with Crippen LogP contribution in [0.5, 0.6) is 0 Å². The summed E-state index contributed by atoms with van der Waals surface area (Å²) >= 11 is 0. The molecule has 1 heteroatoms. The Bertz CT molecular complexity index is 699. The monoisotopic (exact) mass is 233 g/mol. The van der Waals surface area contributed by atoms with Gasteiger partial charge >= 0.3 is 0 Å². The van der Waals surface area contributed by atoms with Gasteiger partial charge < -0.3 is 0 Å². The van der Waals surface area contributed by atoms with Crippen molar-refractivity contribution < 1.29 is 0 Å². The van der Waals surface area contributed by atoms with Gasteiger partial charge in [0.05, 0.1) is 11.2 Å². The zero-order chi connectivity index (χ0) is 12.5. The maximum atomic E-state index is 4.81. The van der Waals surface area contributed by atoms with E-state index in [2.05, 4.69) is 50.2 Å². The summed E-state index contributed by atoms with van der Waals surface area (Å²) in [6.45, 7) is 4.27. The van der Waals surface area contributed by atoms with Gasteiger partial charge in [-0.3, -0.25) is 0 Å². The molecular weight excluding hydrogens is 218 g/mol. The van der Waals surface area contributed by atoms with E-state index in [4.69, 9.17) is 4.98 Å². The second-order valence-corrected chi connectivity index (χ2v) is 4.64. The van der Waals surface area contributed by atoms with Crippen LogP contribution in [0.3, 0.4) is 0 Å². The van der Waals surface area contributed by atoms with Gasteiger partial charge in [-0.2, -0.15) is 0 Å². The van der Waals surface area contributed by atoms with Crippen LogP contribution in [0.1, 0.15) is 11.1 Å². The molecule has 1 heterocycles. The summed E-state index contributed by atoms with van der Waals surface area (Å²) in [6.07, 6.45) is 0. The highest BCUT2D eigenvalue weighted by Crippen LogP contribution is 2.24. The first kappa shape index (κ1) is 11.0. The van der Waals surface area contributed by atoms with Crippen LogP contribution in [0.4, 0.5) is 0 Å². The summed E-state index contributed by atoms with van der Waals surface area (Å²) in [6, 6.07) is 18.8. The fraction of sp³-hybridized carbons (Fsp3) is 0.118. The Hall–Kier alpha value is -2.15. The summed E-state index contributed by atoms with van der Waals surface area (Å²) in [5.41, 5.74) is 5.87. The van der Waals surface area contributed by atoms with Gasteiger partial charge in [0.1, 0.15) is 0 Å². The molecule has 0 amide bonds. The lowest BCUT2D eigenvalue weighted by molar-refractivity contribution is 1.31. The summed E-state index contributed by atoms with van der Waals surface area (Å²) in [5.74, 6) is 0. The Balaban J connectivity index is 2.25. The van der Waals surface area contributed by atoms with E-state index in [0.717, 1.165) is 11.2 Å². The standard InChI is InChI=1S/C17H15N/c1-12-8-9-15-10-11-16(18-17(15)13(12)2)14-6-4-3-5-7-14/h3-11H,1-2H3. The van der Waals surface area contributed by atoms with E-state index in [0.29, 0.717) is 0 Å². The number of aryl methyl sites for hydroxylation is 2. The van der Waals surface area contributed by atoms with Crippen molar-refractivity contribution in [3.63, 3.8) is 0 Å². The minimum atomic E-state index is 1.04. The molecule has 18 heavy (non-hydrogen) atoms. The Morgan fingerprint density at radius 3 is 2.28 bits per heavy atom. The van der Waals surface area contributed by atoms with Crippen LogP contribution in [0.15, 0.2) is 54.6 Å². The van der Waals surface area contributed by atoms with Crippen LogP contribution >= 0.6 is 0 Å². The molecule has 1 nitrogen and oxygen atoms in total. The van der Waals surface area contributed by atoms with Gasteiger partial charge in [0.2, 0.25) is 0 Å². The molecule has 0 radical (unpaired) electrons. The van der Waals surface area contributed by atoms with E-state index in [-0.39, 0.29) is 0 Å². The molecule has 0 N–H and O–H groups in total. The third-order valence-corrected chi connectivity index (χ3v) is 3.46. The lowest BCUT2D eigenvalue weighted by Crippen LogP contribution is -1.90. The number of aromatic nitrogens is 1.